The van der Waals surface area contributed by atoms with Crippen LogP contribution in [0.5, 0.6) is 0 Å². The molecule has 14 heteroatoms. The molecule has 4 atom stereocenters. The summed E-state index contributed by atoms with van der Waals surface area (Å²) in [5, 5.41) is 5.00. The number of carbonyl (C=O) groups excluding carboxylic acids is 6. The number of nitrogens with one attached hydrogen (secondary N) is 2. The van der Waals surface area contributed by atoms with Gasteiger partial charge in [0.2, 0.25) is 11.8 Å². The normalized spacial score (nSPS) is 20.6. The summed E-state index contributed by atoms with van der Waals surface area (Å²) < 4.78 is 38.8. The van der Waals surface area contributed by atoms with Gasteiger partial charge in [0.1, 0.15) is 35.6 Å². The molecule has 2 saturated heterocycles. The maximum Gasteiger partial charge on any atom is 0.411 e. The molecule has 2 N–H and O–H groups in total. The first kappa shape index (κ1) is 37.9. The molecule has 270 valence electrons. The maximum atomic E-state index is 14.1. The molecule has 2 aliphatic rings. The fourth-order valence-electron chi connectivity index (χ4n) is 5.58. The van der Waals surface area contributed by atoms with Crippen molar-refractivity contribution >= 4 is 35.6 Å². The fourth-order valence-corrected chi connectivity index (χ4v) is 5.58. The Labute approximate surface area is 289 Å². The van der Waals surface area contributed by atoms with E-state index in [0.29, 0.717) is 11.1 Å². The average Bonchev–Trinajstić information content (AvgIpc) is 3.63. The molecular formula is C36H44F2N4O8. The number of carbonyl (C=O) groups is 6. The molecule has 4 rings (SSSR count). The molecule has 0 spiro atoms. The number of halogens is 2. The number of alkyl halides is 2. The number of hydrogen-bond acceptors (Lipinski definition) is 8. The van der Waals surface area contributed by atoms with Crippen molar-refractivity contribution in [3.8, 4) is 11.1 Å². The molecule has 2 aromatic carbocycles. The molecule has 0 aromatic heterocycles. The molecule has 0 aliphatic carbocycles. The number of Topliss-reactive ketones (excluding diaryl/α,β-unsaturated/α-hetero) is 2. The van der Waals surface area contributed by atoms with Crippen LogP contribution in [0.2, 0.25) is 0 Å². The lowest BCUT2D eigenvalue weighted by Gasteiger charge is -2.27. The van der Waals surface area contributed by atoms with Crippen LogP contribution in [-0.2, 0) is 19.1 Å². The van der Waals surface area contributed by atoms with Crippen LogP contribution in [-0.4, -0.2) is 107 Å². The number of nitrogens with zero attached hydrogens (tertiary/aromatic N) is 2. The lowest BCUT2D eigenvalue weighted by molar-refractivity contribution is -0.125. The predicted octanol–water partition coefficient (Wildman–Crippen LogP) is 4.65. The molecule has 2 fully saturated rings. The zero-order chi connectivity index (χ0) is 37.0. The van der Waals surface area contributed by atoms with Gasteiger partial charge in [0, 0.05) is 24.0 Å². The molecule has 0 saturated carbocycles. The molecule has 2 aromatic rings. The Balaban J connectivity index is 1.28. The minimum atomic E-state index is -1.39. The third kappa shape index (κ3) is 10.1. The predicted molar refractivity (Wildman–Crippen MR) is 179 cm³/mol. The van der Waals surface area contributed by atoms with Gasteiger partial charge in [-0.25, -0.2) is 18.4 Å². The number of likely N-dealkylation sites (tertiary alicyclic amines) is 2. The van der Waals surface area contributed by atoms with Crippen molar-refractivity contribution in [3.63, 3.8) is 0 Å². The Morgan fingerprint density at radius 1 is 0.620 bits per heavy atom. The summed E-state index contributed by atoms with van der Waals surface area (Å²) in [4.78, 5) is 78.2. The second-order valence-corrected chi connectivity index (χ2v) is 14.4. The van der Waals surface area contributed by atoms with Crippen molar-refractivity contribution in [2.75, 3.05) is 26.2 Å². The van der Waals surface area contributed by atoms with Gasteiger partial charge in [-0.1, -0.05) is 48.5 Å². The number of hydrogen-bond donors (Lipinski definition) is 2. The minimum Gasteiger partial charge on any atom is -0.444 e. The molecule has 4 amide bonds. The van der Waals surface area contributed by atoms with Crippen molar-refractivity contribution in [2.45, 2.75) is 90.0 Å². The van der Waals surface area contributed by atoms with Gasteiger partial charge in [0.05, 0.1) is 26.2 Å². The highest BCUT2D eigenvalue weighted by atomic mass is 19.1. The topological polar surface area (TPSA) is 151 Å². The van der Waals surface area contributed by atoms with Crippen LogP contribution in [0.4, 0.5) is 18.4 Å². The zero-order valence-electron chi connectivity index (χ0n) is 29.1. The van der Waals surface area contributed by atoms with Gasteiger partial charge in [-0.05, 0) is 52.7 Å². The smallest absolute Gasteiger partial charge is 0.411 e. The summed E-state index contributed by atoms with van der Waals surface area (Å²) in [6.07, 6.45) is -4.75. The molecule has 0 radical (unpaired) electrons. The van der Waals surface area contributed by atoms with Gasteiger partial charge in [-0.3, -0.25) is 29.0 Å². The molecule has 0 unspecified atom stereocenters. The molecule has 2 heterocycles. The van der Waals surface area contributed by atoms with Crippen LogP contribution in [0, 0.1) is 0 Å². The van der Waals surface area contributed by atoms with E-state index in [-0.39, 0.29) is 50.6 Å². The zero-order valence-corrected chi connectivity index (χ0v) is 29.1. The summed E-state index contributed by atoms with van der Waals surface area (Å²) in [5.41, 5.74) is 0.497. The molecular weight excluding hydrogens is 654 g/mol. The first-order valence-corrected chi connectivity index (χ1v) is 16.4. The van der Waals surface area contributed by atoms with Crippen LogP contribution in [0.15, 0.2) is 48.5 Å². The summed E-state index contributed by atoms with van der Waals surface area (Å²) in [7, 11) is 0. The standard InChI is InChI=1S/C36H44F2N4O8/c1-35(2,3)49-33(47)41-19-25(37)15-27(41)31(45)39-17-29(43)23-11-7-21(8-12-23)22-9-13-24(14-10-22)30(44)18-40-32(46)28-16-26(38)20-42(28)34(48)50-36(4,5)6/h7-14,25-28H,15-20H2,1-6H3,(H,39,45)(H,40,46)/t25-,26-,27+,28+/m1/s1. The monoisotopic (exact) mass is 698 g/mol. The number of rotatable bonds is 9. The Morgan fingerprint density at radius 2 is 0.940 bits per heavy atom. The number of ketones is 2. The largest absolute Gasteiger partial charge is 0.444 e. The summed E-state index contributed by atoms with van der Waals surface area (Å²) in [6.45, 7) is 8.76. The summed E-state index contributed by atoms with van der Waals surface area (Å²) >= 11 is 0. The van der Waals surface area contributed by atoms with Crippen molar-refractivity contribution in [3.05, 3.63) is 59.7 Å². The Hall–Kier alpha value is -4.88. The third-order valence-corrected chi connectivity index (χ3v) is 7.95. The van der Waals surface area contributed by atoms with Gasteiger partial charge in [-0.15, -0.1) is 0 Å². The van der Waals surface area contributed by atoms with E-state index in [1.807, 2.05) is 0 Å². The average molecular weight is 699 g/mol. The Bertz CT molecular complexity index is 1480. The van der Waals surface area contributed by atoms with Crippen molar-refractivity contribution in [1.29, 1.82) is 0 Å². The van der Waals surface area contributed by atoms with Gasteiger partial charge in [0.25, 0.3) is 0 Å². The van der Waals surface area contributed by atoms with Gasteiger partial charge in [0.15, 0.2) is 11.6 Å². The van der Waals surface area contributed by atoms with Crippen molar-refractivity contribution in [2.24, 2.45) is 0 Å². The second-order valence-electron chi connectivity index (χ2n) is 14.4. The number of amides is 4. The van der Waals surface area contributed by atoms with E-state index in [1.165, 1.54) is 0 Å². The SMILES string of the molecule is CC(C)(C)OC(=O)N1C[C@H](F)C[C@H]1C(=O)NCC(=O)c1ccc(-c2ccc(C(=O)CNC(=O)[C@@H]3C[C@@H](F)CN3C(=O)OC(C)(C)C)cc2)cc1. The summed E-state index contributed by atoms with van der Waals surface area (Å²) in [5.74, 6) is -2.07. The highest BCUT2D eigenvalue weighted by Crippen LogP contribution is 2.25. The number of ether oxygens (including phenoxy) is 2. The van der Waals surface area contributed by atoms with Gasteiger partial charge < -0.3 is 20.1 Å². The van der Waals surface area contributed by atoms with E-state index in [4.69, 9.17) is 9.47 Å². The highest BCUT2D eigenvalue weighted by Gasteiger charge is 2.43. The summed E-state index contributed by atoms with van der Waals surface area (Å²) in [6, 6.07) is 11.0. The van der Waals surface area contributed by atoms with Crippen LogP contribution < -0.4 is 10.6 Å². The quantitative estimate of drug-likeness (QED) is 0.360. The van der Waals surface area contributed by atoms with Gasteiger partial charge in [-0.2, -0.15) is 0 Å². The van der Waals surface area contributed by atoms with E-state index in [1.54, 1.807) is 90.1 Å². The molecule has 2 aliphatic heterocycles. The van der Waals surface area contributed by atoms with Crippen LogP contribution >= 0.6 is 0 Å². The fraction of sp³-hybridized carbons (Fsp3) is 0.500. The first-order valence-electron chi connectivity index (χ1n) is 16.4. The third-order valence-electron chi connectivity index (χ3n) is 7.95. The van der Waals surface area contributed by atoms with E-state index >= 15 is 0 Å². The van der Waals surface area contributed by atoms with E-state index in [0.717, 1.165) is 20.9 Å². The lowest BCUT2D eigenvalue weighted by Crippen LogP contribution is -2.48. The Kier molecular flexibility index (Phi) is 11.6. The van der Waals surface area contributed by atoms with Crippen molar-refractivity contribution < 1.29 is 47.0 Å². The first-order chi connectivity index (χ1) is 23.3. The number of benzene rings is 2. The van der Waals surface area contributed by atoms with Crippen LogP contribution in [0.1, 0.15) is 75.1 Å². The maximum absolute atomic E-state index is 14.1. The van der Waals surface area contributed by atoms with Crippen LogP contribution in [0.3, 0.4) is 0 Å². The highest BCUT2D eigenvalue weighted by molar-refractivity contribution is 6.01. The van der Waals surface area contributed by atoms with E-state index in [9.17, 15) is 37.5 Å². The molecule has 50 heavy (non-hydrogen) atoms. The Morgan fingerprint density at radius 3 is 1.24 bits per heavy atom. The van der Waals surface area contributed by atoms with E-state index in [2.05, 4.69) is 10.6 Å². The minimum absolute atomic E-state index is 0.192. The second kappa shape index (κ2) is 15.3. The lowest BCUT2D eigenvalue weighted by atomic mass is 10.00. The van der Waals surface area contributed by atoms with Crippen LogP contribution in [0.25, 0.3) is 11.1 Å². The van der Waals surface area contributed by atoms with E-state index < -0.39 is 59.6 Å². The molecule has 0 bridgehead atoms. The van der Waals surface area contributed by atoms with Gasteiger partial charge >= 0.3 is 12.2 Å². The molecule has 12 nitrogen and oxygen atoms in total. The van der Waals surface area contributed by atoms with Crippen molar-refractivity contribution in [1.82, 2.24) is 20.4 Å².